The van der Waals surface area contributed by atoms with Crippen LogP contribution in [0.3, 0.4) is 0 Å². The second-order valence-electron chi connectivity index (χ2n) is 7.60. The predicted molar refractivity (Wildman–Crippen MR) is 122 cm³/mol. The molecule has 0 aliphatic carbocycles. The predicted octanol–water partition coefficient (Wildman–Crippen LogP) is -0.385. The third-order valence-corrected chi connectivity index (χ3v) is 5.50. The molecule has 0 bridgehead atoms. The van der Waals surface area contributed by atoms with Crippen LogP contribution in [-0.2, 0) is 33.8 Å². The second-order valence-corrected chi connectivity index (χ2v) is 7.60. The summed E-state index contributed by atoms with van der Waals surface area (Å²) in [6.07, 6.45) is 1.11. The zero-order valence-corrected chi connectivity index (χ0v) is 18.3. The molecule has 10 nitrogen and oxygen atoms in total. The molecule has 2 aromatic carbocycles. The Hall–Kier alpha value is -3.31. The fourth-order valence-electron chi connectivity index (χ4n) is 3.83. The molecule has 1 heterocycles. The maximum Gasteiger partial charge on any atom is 0.326 e. The summed E-state index contributed by atoms with van der Waals surface area (Å²) < 4.78 is 0. The molecule has 3 atom stereocenters. The van der Waals surface area contributed by atoms with Crippen molar-refractivity contribution in [2.75, 3.05) is 0 Å². The lowest BCUT2D eigenvalue weighted by Gasteiger charge is -2.36. The van der Waals surface area contributed by atoms with Crippen LogP contribution in [-0.4, -0.2) is 67.5 Å². The highest BCUT2D eigenvalue weighted by Gasteiger charge is 2.37. The summed E-state index contributed by atoms with van der Waals surface area (Å²) in [5, 5.41) is 22.1. The number of fused-ring (bicyclic) bond motifs is 1. The Kier molecular flexibility index (Phi) is 12.0. The van der Waals surface area contributed by atoms with Gasteiger partial charge in [-0.3, -0.25) is 14.9 Å². The lowest BCUT2D eigenvalue weighted by molar-refractivity contribution is -0.152. The third kappa shape index (κ3) is 7.36. The third-order valence-electron chi connectivity index (χ3n) is 5.50. The van der Waals surface area contributed by atoms with E-state index < -0.39 is 36.0 Å². The average molecular weight is 465 g/mol. The molecule has 2 aromatic rings. The van der Waals surface area contributed by atoms with Gasteiger partial charge in [0.2, 0.25) is 5.91 Å². The summed E-state index contributed by atoms with van der Waals surface area (Å²) >= 11 is 0. The minimum Gasteiger partial charge on any atom is -0.480 e. The van der Waals surface area contributed by atoms with Gasteiger partial charge in [0.1, 0.15) is 12.1 Å². The number of aliphatic carboxylic acids is 2. The van der Waals surface area contributed by atoms with Crippen molar-refractivity contribution in [2.24, 2.45) is 0 Å². The molecule has 0 saturated carbocycles. The van der Waals surface area contributed by atoms with Crippen LogP contribution >= 0.6 is 0 Å². The smallest absolute Gasteiger partial charge is 0.326 e. The van der Waals surface area contributed by atoms with Crippen molar-refractivity contribution in [2.45, 2.75) is 50.9 Å². The molecular weight excluding hydrogens is 432 g/mol. The monoisotopic (exact) mass is 464 g/mol. The Morgan fingerprint density at radius 2 is 1.55 bits per heavy atom. The molecule has 3 rings (SSSR count). The summed E-state index contributed by atoms with van der Waals surface area (Å²) in [4.78, 5) is 37.9. The van der Waals surface area contributed by atoms with Crippen LogP contribution in [0.4, 0.5) is 0 Å². The molecule has 0 spiro atoms. The summed E-state index contributed by atoms with van der Waals surface area (Å²) in [6.45, 7) is 1.78. The van der Waals surface area contributed by atoms with Crippen LogP contribution in [0, 0.1) is 0 Å². The van der Waals surface area contributed by atoms with Crippen molar-refractivity contribution in [1.82, 2.24) is 10.2 Å². The van der Waals surface area contributed by atoms with Gasteiger partial charge in [-0.15, -0.1) is 0 Å². The van der Waals surface area contributed by atoms with Crippen LogP contribution in [0.2, 0.25) is 0 Å². The molecule has 0 saturated heterocycles. The number of carbonyl (C=O) groups is 3. The van der Waals surface area contributed by atoms with E-state index in [-0.39, 0.29) is 29.4 Å². The quantitative estimate of drug-likeness (QED) is 0.474. The number of nitrogens with one attached hydrogen (secondary N) is 1. The average Bonchev–Trinajstić information content (AvgIpc) is 2.75. The van der Waals surface area contributed by atoms with Gasteiger partial charge < -0.3 is 31.5 Å². The molecule has 1 amide bonds. The molecule has 0 radical (unpaired) electrons. The largest absolute Gasteiger partial charge is 0.480 e. The van der Waals surface area contributed by atoms with Crippen LogP contribution in [0.15, 0.2) is 54.6 Å². The minimum atomic E-state index is -1.07. The maximum absolute atomic E-state index is 13.1. The number of aryl methyl sites for hydroxylation is 1. The molecule has 1 aliphatic heterocycles. The number of rotatable bonds is 8. The Morgan fingerprint density at radius 3 is 2.12 bits per heavy atom. The van der Waals surface area contributed by atoms with Crippen molar-refractivity contribution in [3.63, 3.8) is 0 Å². The highest BCUT2D eigenvalue weighted by Crippen LogP contribution is 2.24. The molecule has 182 valence electrons. The first kappa shape index (κ1) is 29.7. The lowest BCUT2D eigenvalue weighted by atomic mass is 9.93. The van der Waals surface area contributed by atoms with Crippen molar-refractivity contribution in [3.05, 3.63) is 71.3 Å². The number of carboxylic acid groups (broad SMARTS) is 2. The summed E-state index contributed by atoms with van der Waals surface area (Å²) in [5.74, 6) is -2.52. The van der Waals surface area contributed by atoms with E-state index in [9.17, 15) is 24.6 Å². The molecule has 9 N–H and O–H groups in total. The van der Waals surface area contributed by atoms with E-state index in [4.69, 9.17) is 0 Å². The molecule has 33 heavy (non-hydrogen) atoms. The summed E-state index contributed by atoms with van der Waals surface area (Å²) in [5.41, 5.74) is 2.85. The van der Waals surface area contributed by atoms with Gasteiger partial charge >= 0.3 is 11.9 Å². The Morgan fingerprint density at radius 1 is 0.970 bits per heavy atom. The molecule has 0 fully saturated rings. The van der Waals surface area contributed by atoms with E-state index in [0.29, 0.717) is 12.8 Å². The van der Waals surface area contributed by atoms with Crippen LogP contribution in [0.1, 0.15) is 30.0 Å². The molecule has 0 unspecified atom stereocenters. The molecule has 1 aliphatic rings. The second kappa shape index (κ2) is 13.3. The van der Waals surface area contributed by atoms with Crippen LogP contribution < -0.4 is 5.32 Å². The van der Waals surface area contributed by atoms with Gasteiger partial charge in [-0.1, -0.05) is 54.6 Å². The van der Waals surface area contributed by atoms with Crippen molar-refractivity contribution >= 4 is 17.8 Å². The number of benzene rings is 2. The Labute approximate surface area is 191 Å². The fourth-order valence-corrected chi connectivity index (χ4v) is 3.83. The number of amides is 1. The van der Waals surface area contributed by atoms with Gasteiger partial charge in [0.25, 0.3) is 0 Å². The Balaban J connectivity index is 0.00000341. The van der Waals surface area contributed by atoms with Gasteiger partial charge in [-0.2, -0.15) is 0 Å². The van der Waals surface area contributed by atoms with E-state index in [1.54, 1.807) is 6.92 Å². The normalized spacial score (nSPS) is 16.0. The van der Waals surface area contributed by atoms with Crippen LogP contribution in [0.5, 0.6) is 0 Å². The van der Waals surface area contributed by atoms with Gasteiger partial charge in [0, 0.05) is 13.0 Å². The maximum atomic E-state index is 13.1. The van der Waals surface area contributed by atoms with Gasteiger partial charge in [-0.05, 0) is 36.5 Å². The fraction of sp³-hybridized carbons (Fsp3) is 0.348. The Bertz CT molecular complexity index is 922. The first-order valence-electron chi connectivity index (χ1n) is 9.99. The number of nitrogens with zero attached hydrogens (tertiary/aromatic N) is 1. The van der Waals surface area contributed by atoms with E-state index in [2.05, 4.69) is 5.32 Å². The lowest BCUT2D eigenvalue weighted by Crippen LogP contribution is -2.56. The SMILES string of the molecule is C[C@H](N[C@@H](CCc1ccccc1)C(=O)O)C(=O)N1Cc2ccccc2C[C@H]1C(=O)O.O.O.O. The van der Waals surface area contributed by atoms with Crippen molar-refractivity contribution < 1.29 is 41.0 Å². The standard InChI is InChI=1S/C23H26N2O5.3H2O/c1-15(24-19(22(27)28)12-11-16-7-3-2-4-8-16)21(26)25-14-18-10-6-5-9-17(18)13-20(25)23(29)30;;;/h2-10,15,19-20,24H,11-14H2,1H3,(H,27,28)(H,29,30);3*1H2/t15-,19-,20-;;;/m0.../s1. The zero-order chi connectivity index (χ0) is 21.7. The number of carbonyl (C=O) groups excluding carboxylic acids is 1. The van der Waals surface area contributed by atoms with E-state index in [0.717, 1.165) is 16.7 Å². The van der Waals surface area contributed by atoms with Crippen molar-refractivity contribution in [1.29, 1.82) is 0 Å². The summed E-state index contributed by atoms with van der Waals surface area (Å²) in [6, 6.07) is 14.3. The van der Waals surface area contributed by atoms with Crippen LogP contribution in [0.25, 0.3) is 0 Å². The molecule has 10 heteroatoms. The zero-order valence-electron chi connectivity index (χ0n) is 18.3. The first-order chi connectivity index (χ1) is 14.4. The first-order valence-corrected chi connectivity index (χ1v) is 9.99. The highest BCUT2D eigenvalue weighted by molar-refractivity contribution is 5.88. The van der Waals surface area contributed by atoms with E-state index >= 15 is 0 Å². The highest BCUT2D eigenvalue weighted by atomic mass is 16.4. The topological polar surface area (TPSA) is 201 Å². The minimum absolute atomic E-state index is 0. The van der Waals surface area contributed by atoms with Crippen molar-refractivity contribution in [3.8, 4) is 0 Å². The van der Waals surface area contributed by atoms with E-state index in [1.165, 1.54) is 4.90 Å². The number of carboxylic acids is 2. The molecule has 0 aromatic heterocycles. The van der Waals surface area contributed by atoms with Gasteiger partial charge in [-0.25, -0.2) is 4.79 Å². The van der Waals surface area contributed by atoms with E-state index in [1.807, 2.05) is 54.6 Å². The number of hydrogen-bond acceptors (Lipinski definition) is 4. The van der Waals surface area contributed by atoms with Gasteiger partial charge in [0.05, 0.1) is 6.04 Å². The molecular formula is C23H32N2O8. The summed E-state index contributed by atoms with van der Waals surface area (Å²) in [7, 11) is 0. The van der Waals surface area contributed by atoms with Gasteiger partial charge in [0.15, 0.2) is 0 Å². The number of hydrogen-bond donors (Lipinski definition) is 3.